The van der Waals surface area contributed by atoms with Gasteiger partial charge in [0.15, 0.2) is 0 Å². The van der Waals surface area contributed by atoms with Crippen LogP contribution in [0.3, 0.4) is 0 Å². The highest BCUT2D eigenvalue weighted by Gasteiger charge is 2.17. The fourth-order valence-electron chi connectivity index (χ4n) is 2.62. The second-order valence-electron chi connectivity index (χ2n) is 4.38. The molecule has 1 aliphatic carbocycles. The van der Waals surface area contributed by atoms with Crippen LogP contribution in [0.1, 0.15) is 12.1 Å². The maximum Gasteiger partial charge on any atom is 0.0534 e. The minimum atomic E-state index is 1.06. The number of aromatic nitrogens is 1. The molecule has 2 heterocycles. The summed E-state index contributed by atoms with van der Waals surface area (Å²) in [7, 11) is 0. The van der Waals surface area contributed by atoms with Crippen molar-refractivity contribution in [2.45, 2.75) is 6.42 Å². The van der Waals surface area contributed by atoms with E-state index in [1.165, 1.54) is 27.7 Å². The summed E-state index contributed by atoms with van der Waals surface area (Å²) in [5, 5.41) is 2.67. The van der Waals surface area contributed by atoms with Gasteiger partial charge in [-0.2, -0.15) is 0 Å². The molecule has 0 radical (unpaired) electrons. The summed E-state index contributed by atoms with van der Waals surface area (Å²) in [4.78, 5) is 0. The van der Waals surface area contributed by atoms with E-state index in [-0.39, 0.29) is 0 Å². The first-order valence-corrected chi connectivity index (χ1v) is 5.60. The van der Waals surface area contributed by atoms with Crippen LogP contribution in [0, 0.1) is 0 Å². The summed E-state index contributed by atoms with van der Waals surface area (Å²) in [6, 6.07) is 8.58. The van der Waals surface area contributed by atoms with Crippen LogP contribution in [-0.4, -0.2) is 4.57 Å². The van der Waals surface area contributed by atoms with Crippen molar-refractivity contribution in [2.24, 2.45) is 0 Å². The van der Waals surface area contributed by atoms with Gasteiger partial charge in [0.2, 0.25) is 0 Å². The van der Waals surface area contributed by atoms with E-state index in [9.17, 15) is 0 Å². The lowest BCUT2D eigenvalue weighted by atomic mass is 9.99. The molecule has 1 aliphatic heterocycles. The standard InChI is InChI=1S/C15H11N/c1-2-7-14-12(5-1)10-16-13-6-3-4-11(8-13)9-15(14)16/h1-7,9-10H,8H2. The molecule has 76 valence electrons. The van der Waals surface area contributed by atoms with Crippen LogP contribution < -0.4 is 0 Å². The Hall–Kier alpha value is -2.02. The molecule has 0 fully saturated rings. The van der Waals surface area contributed by atoms with Gasteiger partial charge in [-0.3, -0.25) is 0 Å². The summed E-state index contributed by atoms with van der Waals surface area (Å²) in [6.07, 6.45) is 12.1. The molecule has 0 N–H and O–H groups in total. The van der Waals surface area contributed by atoms with E-state index < -0.39 is 0 Å². The second-order valence-corrected chi connectivity index (χ2v) is 4.38. The lowest BCUT2D eigenvalue weighted by molar-refractivity contribution is 1.01. The lowest BCUT2D eigenvalue weighted by Crippen LogP contribution is -2.05. The zero-order chi connectivity index (χ0) is 10.5. The smallest absolute Gasteiger partial charge is 0.0534 e. The molecule has 0 unspecified atom stereocenters. The third-order valence-corrected chi connectivity index (χ3v) is 3.38. The van der Waals surface area contributed by atoms with Crippen molar-refractivity contribution < 1.29 is 0 Å². The number of benzene rings is 1. The summed E-state index contributed by atoms with van der Waals surface area (Å²) >= 11 is 0. The first kappa shape index (κ1) is 8.17. The molecule has 2 aliphatic rings. The molecule has 0 atom stereocenters. The van der Waals surface area contributed by atoms with Crippen LogP contribution in [0.25, 0.3) is 22.5 Å². The molecule has 16 heavy (non-hydrogen) atoms. The van der Waals surface area contributed by atoms with E-state index >= 15 is 0 Å². The normalized spacial score (nSPS) is 17.0. The highest BCUT2D eigenvalue weighted by Crippen LogP contribution is 2.35. The molecule has 1 heteroatoms. The molecule has 1 aromatic carbocycles. The van der Waals surface area contributed by atoms with Crippen LogP contribution in [-0.2, 0) is 0 Å². The van der Waals surface area contributed by atoms with Crippen molar-refractivity contribution >= 4 is 22.5 Å². The van der Waals surface area contributed by atoms with Crippen molar-refractivity contribution in [1.29, 1.82) is 0 Å². The van der Waals surface area contributed by atoms with E-state index in [0.29, 0.717) is 0 Å². The highest BCUT2D eigenvalue weighted by molar-refractivity contribution is 5.94. The van der Waals surface area contributed by atoms with Crippen molar-refractivity contribution in [3.8, 4) is 0 Å². The Bertz CT molecular complexity index is 681. The predicted octanol–water partition coefficient (Wildman–Crippen LogP) is 3.84. The number of allylic oxidation sites excluding steroid dienone is 5. The number of hydrogen-bond donors (Lipinski definition) is 0. The van der Waals surface area contributed by atoms with Gasteiger partial charge in [0, 0.05) is 29.1 Å². The Morgan fingerprint density at radius 2 is 2.06 bits per heavy atom. The molecule has 0 saturated carbocycles. The van der Waals surface area contributed by atoms with Gasteiger partial charge in [-0.15, -0.1) is 0 Å². The average molecular weight is 205 g/mol. The molecular weight excluding hydrogens is 194 g/mol. The summed E-state index contributed by atoms with van der Waals surface area (Å²) in [5.41, 5.74) is 4.12. The number of nitrogens with zero attached hydrogens (tertiary/aromatic N) is 1. The fraction of sp³-hybridized carbons (Fsp3) is 0.0667. The predicted molar refractivity (Wildman–Crippen MR) is 67.9 cm³/mol. The van der Waals surface area contributed by atoms with Crippen LogP contribution in [0.15, 0.2) is 54.3 Å². The number of hydrogen-bond acceptors (Lipinski definition) is 0. The monoisotopic (exact) mass is 205 g/mol. The molecule has 0 saturated heterocycles. The van der Waals surface area contributed by atoms with Gasteiger partial charge in [-0.25, -0.2) is 0 Å². The van der Waals surface area contributed by atoms with E-state index in [2.05, 4.69) is 59.3 Å². The van der Waals surface area contributed by atoms with Gasteiger partial charge < -0.3 is 4.57 Å². The Kier molecular flexibility index (Phi) is 1.41. The van der Waals surface area contributed by atoms with Gasteiger partial charge >= 0.3 is 0 Å². The summed E-state index contributed by atoms with van der Waals surface area (Å²) in [5.74, 6) is 0. The van der Waals surface area contributed by atoms with Gasteiger partial charge in [-0.05, 0) is 17.7 Å². The van der Waals surface area contributed by atoms with Gasteiger partial charge in [0.25, 0.3) is 0 Å². The number of rotatable bonds is 0. The summed E-state index contributed by atoms with van der Waals surface area (Å²) in [6.45, 7) is 0. The van der Waals surface area contributed by atoms with Crippen molar-refractivity contribution in [3.05, 3.63) is 60.0 Å². The lowest BCUT2D eigenvalue weighted by Gasteiger charge is -2.20. The molecule has 4 rings (SSSR count). The van der Waals surface area contributed by atoms with Crippen molar-refractivity contribution in [3.63, 3.8) is 0 Å². The average Bonchev–Trinajstić information content (AvgIpc) is 2.69. The topological polar surface area (TPSA) is 4.93 Å². The van der Waals surface area contributed by atoms with Gasteiger partial charge in [0.1, 0.15) is 0 Å². The minimum absolute atomic E-state index is 1.06. The molecule has 2 bridgehead atoms. The van der Waals surface area contributed by atoms with Crippen molar-refractivity contribution in [2.75, 3.05) is 0 Å². The highest BCUT2D eigenvalue weighted by atomic mass is 15.0. The molecule has 2 aromatic rings. The van der Waals surface area contributed by atoms with Gasteiger partial charge in [-0.1, -0.05) is 36.4 Å². The van der Waals surface area contributed by atoms with E-state index in [1.807, 2.05) is 0 Å². The van der Waals surface area contributed by atoms with Crippen molar-refractivity contribution in [1.82, 2.24) is 4.57 Å². The molecule has 1 aromatic heterocycles. The number of fused-ring (bicyclic) bond motifs is 6. The summed E-state index contributed by atoms with van der Waals surface area (Å²) < 4.78 is 2.32. The van der Waals surface area contributed by atoms with Crippen LogP contribution >= 0.6 is 0 Å². The molecular formula is C15H11N. The SMILES string of the molecule is C1=CC2=Cc3c4ccccc4cn3C(=C1)C2. The van der Waals surface area contributed by atoms with Crippen LogP contribution in [0.5, 0.6) is 0 Å². The van der Waals surface area contributed by atoms with E-state index in [4.69, 9.17) is 0 Å². The Morgan fingerprint density at radius 3 is 3.06 bits per heavy atom. The van der Waals surface area contributed by atoms with E-state index in [1.54, 1.807) is 0 Å². The minimum Gasteiger partial charge on any atom is -0.319 e. The Labute approximate surface area is 94.0 Å². The Morgan fingerprint density at radius 1 is 1.12 bits per heavy atom. The zero-order valence-electron chi connectivity index (χ0n) is 8.85. The Balaban J connectivity index is 2.16. The molecule has 0 spiro atoms. The fourth-order valence-corrected chi connectivity index (χ4v) is 2.62. The van der Waals surface area contributed by atoms with E-state index in [0.717, 1.165) is 6.42 Å². The molecule has 1 nitrogen and oxygen atoms in total. The third-order valence-electron chi connectivity index (χ3n) is 3.38. The third kappa shape index (κ3) is 0.951. The maximum absolute atomic E-state index is 2.32. The van der Waals surface area contributed by atoms with Crippen LogP contribution in [0.4, 0.5) is 0 Å². The van der Waals surface area contributed by atoms with Gasteiger partial charge in [0.05, 0.1) is 5.69 Å². The quantitative estimate of drug-likeness (QED) is 0.615. The molecule has 0 amide bonds. The maximum atomic E-state index is 2.32. The first-order valence-electron chi connectivity index (χ1n) is 5.60. The first-order chi connectivity index (χ1) is 7.92. The largest absolute Gasteiger partial charge is 0.319 e. The zero-order valence-corrected chi connectivity index (χ0v) is 8.85. The van der Waals surface area contributed by atoms with Crippen LogP contribution in [0.2, 0.25) is 0 Å². The second kappa shape index (κ2) is 2.76.